The van der Waals surface area contributed by atoms with Crippen LogP contribution in [0.1, 0.15) is 57.8 Å². The number of hydrogen-bond acceptors (Lipinski definition) is 1. The van der Waals surface area contributed by atoms with Gasteiger partial charge in [0.1, 0.15) is 0 Å². The highest BCUT2D eigenvalue weighted by molar-refractivity contribution is 5.91. The minimum atomic E-state index is 0.369. The second kappa shape index (κ2) is 4.68. The van der Waals surface area contributed by atoms with Gasteiger partial charge in [0, 0.05) is 6.42 Å². The lowest BCUT2D eigenvalue weighted by Crippen LogP contribution is -2.43. The molecule has 1 nitrogen and oxygen atoms in total. The molecule has 3 aliphatic rings. The van der Waals surface area contributed by atoms with Crippen LogP contribution in [0.25, 0.3) is 0 Å². The number of hydrogen-bond donors (Lipinski definition) is 0. The first kappa shape index (κ1) is 12.2. The lowest BCUT2D eigenvalue weighted by atomic mass is 9.52. The van der Waals surface area contributed by atoms with Crippen LogP contribution in [0.15, 0.2) is 24.3 Å². The monoisotopic (exact) mass is 244 g/mol. The first-order valence-electron chi connectivity index (χ1n) is 7.59. The Morgan fingerprint density at radius 1 is 1.28 bits per heavy atom. The van der Waals surface area contributed by atoms with Crippen molar-refractivity contribution in [2.45, 2.75) is 57.8 Å². The summed E-state index contributed by atoms with van der Waals surface area (Å²) in [6, 6.07) is 0. The molecule has 2 fully saturated rings. The number of allylic oxidation sites excluding steroid dienone is 3. The van der Waals surface area contributed by atoms with Crippen LogP contribution in [0.3, 0.4) is 0 Å². The van der Waals surface area contributed by atoms with Gasteiger partial charge in [0.25, 0.3) is 0 Å². The van der Waals surface area contributed by atoms with E-state index in [4.69, 9.17) is 0 Å². The minimum Gasteiger partial charge on any atom is -0.295 e. The third kappa shape index (κ3) is 1.88. The molecule has 98 valence electrons. The lowest BCUT2D eigenvalue weighted by molar-refractivity contribution is -0.116. The summed E-state index contributed by atoms with van der Waals surface area (Å²) in [7, 11) is 0. The van der Waals surface area contributed by atoms with Crippen LogP contribution < -0.4 is 0 Å². The first-order valence-corrected chi connectivity index (χ1v) is 7.59. The van der Waals surface area contributed by atoms with Crippen molar-refractivity contribution in [3.8, 4) is 0 Å². The van der Waals surface area contributed by atoms with Crippen molar-refractivity contribution in [2.24, 2.45) is 17.3 Å². The highest BCUT2D eigenvalue weighted by Crippen LogP contribution is 2.58. The Hall–Kier alpha value is -0.850. The van der Waals surface area contributed by atoms with Crippen molar-refractivity contribution in [2.75, 3.05) is 0 Å². The molecule has 0 N–H and O–H groups in total. The minimum absolute atomic E-state index is 0.369. The van der Waals surface area contributed by atoms with Crippen LogP contribution in [0.2, 0.25) is 0 Å². The molecule has 18 heavy (non-hydrogen) atoms. The van der Waals surface area contributed by atoms with Crippen molar-refractivity contribution in [1.29, 1.82) is 0 Å². The molecule has 0 heterocycles. The molecule has 0 amide bonds. The molecule has 0 aromatic heterocycles. The van der Waals surface area contributed by atoms with Crippen molar-refractivity contribution >= 4 is 5.78 Å². The van der Waals surface area contributed by atoms with E-state index in [1.165, 1.54) is 50.5 Å². The molecule has 2 saturated carbocycles. The Kier molecular flexibility index (Phi) is 3.17. The fourth-order valence-corrected chi connectivity index (χ4v) is 4.89. The van der Waals surface area contributed by atoms with Gasteiger partial charge in [-0.15, -0.1) is 6.58 Å². The molecule has 3 atom stereocenters. The van der Waals surface area contributed by atoms with E-state index in [0.717, 1.165) is 24.7 Å². The van der Waals surface area contributed by atoms with Crippen molar-refractivity contribution in [1.82, 2.24) is 0 Å². The summed E-state index contributed by atoms with van der Waals surface area (Å²) in [5.74, 6) is 1.92. The van der Waals surface area contributed by atoms with Crippen molar-refractivity contribution in [3.63, 3.8) is 0 Å². The third-order valence-electron chi connectivity index (χ3n) is 5.70. The quantitative estimate of drug-likeness (QED) is 0.656. The average Bonchev–Trinajstić information content (AvgIpc) is 2.38. The highest BCUT2D eigenvalue weighted by atomic mass is 16.1. The fourth-order valence-electron chi connectivity index (χ4n) is 4.89. The normalized spacial score (nSPS) is 39.6. The summed E-state index contributed by atoms with van der Waals surface area (Å²) >= 11 is 0. The zero-order valence-electron chi connectivity index (χ0n) is 11.3. The Morgan fingerprint density at radius 3 is 3.00 bits per heavy atom. The predicted octanol–water partition coefficient (Wildman–Crippen LogP) is 4.44. The van der Waals surface area contributed by atoms with E-state index in [9.17, 15) is 4.79 Å². The average molecular weight is 244 g/mol. The molecule has 0 bridgehead atoms. The largest absolute Gasteiger partial charge is 0.295 e. The molecule has 3 aliphatic carbocycles. The summed E-state index contributed by atoms with van der Waals surface area (Å²) in [5.41, 5.74) is 2.01. The fraction of sp³-hybridized carbons (Fsp3) is 0.706. The number of fused-ring (bicyclic) bond motifs is 3. The van der Waals surface area contributed by atoms with Gasteiger partial charge < -0.3 is 0 Å². The summed E-state index contributed by atoms with van der Waals surface area (Å²) in [5, 5.41) is 0. The SMILES string of the molecule is C=CCC12CCCCC1C1CCC(=O)C=C1CC2. The van der Waals surface area contributed by atoms with Gasteiger partial charge in [-0.25, -0.2) is 0 Å². The standard InChI is InChI=1S/C17H24O/c1-2-9-17-10-4-3-5-16(17)15-7-6-14(18)12-13(15)8-11-17/h2,12,15-16H,1,3-11H2. The molecular formula is C17H24O. The number of carbonyl (C=O) groups is 1. The van der Waals surface area contributed by atoms with Crippen LogP contribution in [-0.2, 0) is 4.79 Å². The first-order chi connectivity index (χ1) is 8.75. The van der Waals surface area contributed by atoms with Gasteiger partial charge >= 0.3 is 0 Å². The lowest BCUT2D eigenvalue weighted by Gasteiger charge is -2.53. The molecule has 0 aromatic rings. The summed E-state index contributed by atoms with van der Waals surface area (Å²) in [6.07, 6.45) is 15.2. The zero-order valence-corrected chi connectivity index (χ0v) is 11.3. The maximum Gasteiger partial charge on any atom is 0.155 e. The van der Waals surface area contributed by atoms with Gasteiger partial charge in [-0.05, 0) is 61.9 Å². The van der Waals surface area contributed by atoms with Crippen LogP contribution in [0.4, 0.5) is 0 Å². The van der Waals surface area contributed by atoms with Gasteiger partial charge in [0.2, 0.25) is 0 Å². The number of carbonyl (C=O) groups excluding carboxylic acids is 1. The maximum atomic E-state index is 11.6. The predicted molar refractivity (Wildman–Crippen MR) is 74.3 cm³/mol. The summed E-state index contributed by atoms with van der Waals surface area (Å²) in [6.45, 7) is 3.99. The second-order valence-electron chi connectivity index (χ2n) is 6.54. The number of rotatable bonds is 2. The van der Waals surface area contributed by atoms with E-state index < -0.39 is 0 Å². The van der Waals surface area contributed by atoms with E-state index in [0.29, 0.717) is 11.2 Å². The van der Waals surface area contributed by atoms with Gasteiger partial charge in [-0.2, -0.15) is 0 Å². The maximum absolute atomic E-state index is 11.6. The van der Waals surface area contributed by atoms with Crippen LogP contribution in [-0.4, -0.2) is 5.78 Å². The number of ketones is 1. The molecule has 0 aromatic carbocycles. The molecule has 0 aliphatic heterocycles. The van der Waals surface area contributed by atoms with Crippen molar-refractivity contribution < 1.29 is 4.79 Å². The van der Waals surface area contributed by atoms with Gasteiger partial charge in [-0.3, -0.25) is 4.79 Å². The summed E-state index contributed by atoms with van der Waals surface area (Å²) < 4.78 is 0. The molecule has 0 radical (unpaired) electrons. The topological polar surface area (TPSA) is 17.1 Å². The Bertz CT molecular complexity index is 392. The Balaban J connectivity index is 1.91. The van der Waals surface area contributed by atoms with Gasteiger partial charge in [-0.1, -0.05) is 24.5 Å². The molecular weight excluding hydrogens is 220 g/mol. The smallest absolute Gasteiger partial charge is 0.155 e. The van der Waals surface area contributed by atoms with Crippen LogP contribution >= 0.6 is 0 Å². The Labute approximate surface area is 110 Å². The third-order valence-corrected chi connectivity index (χ3v) is 5.70. The van der Waals surface area contributed by atoms with Gasteiger partial charge in [0.15, 0.2) is 5.78 Å². The van der Waals surface area contributed by atoms with E-state index >= 15 is 0 Å². The van der Waals surface area contributed by atoms with Crippen LogP contribution in [0.5, 0.6) is 0 Å². The summed E-state index contributed by atoms with van der Waals surface area (Å²) in [4.78, 5) is 11.6. The van der Waals surface area contributed by atoms with E-state index in [1.807, 2.05) is 6.08 Å². The van der Waals surface area contributed by atoms with E-state index in [2.05, 4.69) is 12.7 Å². The molecule has 3 rings (SSSR count). The zero-order chi connectivity index (χ0) is 12.6. The molecule has 0 spiro atoms. The Morgan fingerprint density at radius 2 is 2.17 bits per heavy atom. The molecule has 0 saturated heterocycles. The highest BCUT2D eigenvalue weighted by Gasteiger charge is 2.47. The van der Waals surface area contributed by atoms with Gasteiger partial charge in [0.05, 0.1) is 0 Å². The second-order valence-corrected chi connectivity index (χ2v) is 6.54. The molecule has 3 unspecified atom stereocenters. The van der Waals surface area contributed by atoms with Crippen molar-refractivity contribution in [3.05, 3.63) is 24.3 Å². The van der Waals surface area contributed by atoms with E-state index in [1.54, 1.807) is 0 Å². The van der Waals surface area contributed by atoms with Crippen LogP contribution in [0, 0.1) is 17.3 Å². The molecule has 1 heteroatoms. The van der Waals surface area contributed by atoms with E-state index in [-0.39, 0.29) is 0 Å².